The van der Waals surface area contributed by atoms with Crippen molar-refractivity contribution >= 4 is 11.6 Å². The number of halogens is 1. The van der Waals surface area contributed by atoms with Crippen LogP contribution in [0.4, 0.5) is 0 Å². The van der Waals surface area contributed by atoms with Crippen LogP contribution in [0.2, 0.25) is 5.15 Å². The van der Waals surface area contributed by atoms with Crippen LogP contribution in [0.15, 0.2) is 18.2 Å². The Morgan fingerprint density at radius 1 is 1.41 bits per heavy atom. The summed E-state index contributed by atoms with van der Waals surface area (Å²) in [5.41, 5.74) is 1.06. The molecule has 94 valence electrons. The average molecular weight is 255 g/mol. The third kappa shape index (κ3) is 3.95. The van der Waals surface area contributed by atoms with Crippen LogP contribution in [0, 0.1) is 5.92 Å². The standard InChI is InChI=1S/C13H19ClN2O/c1-17-10-11-5-7-16(8-6-11)9-12-3-2-4-13(14)15-12/h2-4,11H,5-10H2,1H3. The van der Waals surface area contributed by atoms with Gasteiger partial charge in [0.05, 0.1) is 5.69 Å². The van der Waals surface area contributed by atoms with Gasteiger partial charge in [-0.2, -0.15) is 0 Å². The van der Waals surface area contributed by atoms with Gasteiger partial charge >= 0.3 is 0 Å². The molecule has 1 aromatic rings. The Balaban J connectivity index is 1.82. The van der Waals surface area contributed by atoms with E-state index in [2.05, 4.69) is 9.88 Å². The number of ether oxygens (including phenoxy) is 1. The number of pyridine rings is 1. The maximum Gasteiger partial charge on any atom is 0.129 e. The third-order valence-corrected chi connectivity index (χ3v) is 3.48. The molecule has 1 saturated heterocycles. The van der Waals surface area contributed by atoms with Crippen molar-refractivity contribution in [3.05, 3.63) is 29.0 Å². The fourth-order valence-electron chi connectivity index (χ4n) is 2.31. The number of hydrogen-bond acceptors (Lipinski definition) is 3. The summed E-state index contributed by atoms with van der Waals surface area (Å²) in [6.07, 6.45) is 2.43. The van der Waals surface area contributed by atoms with Crippen LogP contribution in [0.3, 0.4) is 0 Å². The summed E-state index contributed by atoms with van der Waals surface area (Å²) in [7, 11) is 1.78. The molecule has 0 aromatic carbocycles. The highest BCUT2D eigenvalue weighted by Gasteiger charge is 2.19. The lowest BCUT2D eigenvalue weighted by atomic mass is 9.98. The molecule has 1 aliphatic heterocycles. The molecular weight excluding hydrogens is 236 g/mol. The average Bonchev–Trinajstić information content (AvgIpc) is 2.32. The van der Waals surface area contributed by atoms with Gasteiger partial charge in [-0.1, -0.05) is 17.7 Å². The van der Waals surface area contributed by atoms with Gasteiger partial charge in [0.25, 0.3) is 0 Å². The molecule has 4 heteroatoms. The first-order chi connectivity index (χ1) is 8.28. The molecule has 0 unspecified atom stereocenters. The van der Waals surface area contributed by atoms with Gasteiger partial charge < -0.3 is 4.74 Å². The van der Waals surface area contributed by atoms with Gasteiger partial charge in [-0.15, -0.1) is 0 Å². The molecule has 2 heterocycles. The Morgan fingerprint density at radius 3 is 2.82 bits per heavy atom. The van der Waals surface area contributed by atoms with Crippen LogP contribution in [0.5, 0.6) is 0 Å². The molecule has 0 radical (unpaired) electrons. The van der Waals surface area contributed by atoms with Crippen molar-refractivity contribution in [3.63, 3.8) is 0 Å². The van der Waals surface area contributed by atoms with Crippen LogP contribution in [-0.4, -0.2) is 36.7 Å². The van der Waals surface area contributed by atoms with Gasteiger partial charge in [0, 0.05) is 20.3 Å². The van der Waals surface area contributed by atoms with Crippen LogP contribution in [0.1, 0.15) is 18.5 Å². The first kappa shape index (κ1) is 12.8. The Bertz CT molecular complexity index is 351. The highest BCUT2D eigenvalue weighted by atomic mass is 35.5. The first-order valence-corrected chi connectivity index (χ1v) is 6.48. The maximum atomic E-state index is 5.88. The van der Waals surface area contributed by atoms with Crippen molar-refractivity contribution in [2.75, 3.05) is 26.8 Å². The third-order valence-electron chi connectivity index (χ3n) is 3.27. The van der Waals surface area contributed by atoms with Gasteiger partial charge in [0.2, 0.25) is 0 Å². The lowest BCUT2D eigenvalue weighted by Crippen LogP contribution is -2.34. The SMILES string of the molecule is COCC1CCN(Cc2cccc(Cl)n2)CC1. The number of hydrogen-bond donors (Lipinski definition) is 0. The van der Waals surface area contributed by atoms with Gasteiger partial charge in [-0.05, 0) is 44.0 Å². The smallest absolute Gasteiger partial charge is 0.129 e. The van der Waals surface area contributed by atoms with E-state index in [0.29, 0.717) is 5.15 Å². The Morgan fingerprint density at radius 2 is 2.18 bits per heavy atom. The Kier molecular flexibility index (Phi) is 4.77. The summed E-state index contributed by atoms with van der Waals surface area (Å²) in [6, 6.07) is 5.81. The molecule has 0 bridgehead atoms. The lowest BCUT2D eigenvalue weighted by molar-refractivity contribution is 0.0963. The minimum atomic E-state index is 0.580. The number of methoxy groups -OCH3 is 1. The fourth-order valence-corrected chi connectivity index (χ4v) is 2.50. The fraction of sp³-hybridized carbons (Fsp3) is 0.615. The van der Waals surface area contributed by atoms with Gasteiger partial charge in [0.15, 0.2) is 0 Å². The van der Waals surface area contributed by atoms with E-state index in [-0.39, 0.29) is 0 Å². The van der Waals surface area contributed by atoms with E-state index in [0.717, 1.165) is 37.9 Å². The maximum absolute atomic E-state index is 5.88. The largest absolute Gasteiger partial charge is 0.384 e. The van der Waals surface area contributed by atoms with E-state index >= 15 is 0 Å². The van der Waals surface area contributed by atoms with Crippen molar-refractivity contribution in [2.24, 2.45) is 5.92 Å². The van der Waals surface area contributed by atoms with E-state index < -0.39 is 0 Å². The van der Waals surface area contributed by atoms with E-state index in [4.69, 9.17) is 16.3 Å². The lowest BCUT2D eigenvalue weighted by Gasteiger charge is -2.31. The molecule has 0 atom stereocenters. The van der Waals surface area contributed by atoms with Gasteiger partial charge in [-0.25, -0.2) is 4.98 Å². The second-order valence-electron chi connectivity index (χ2n) is 4.63. The van der Waals surface area contributed by atoms with Crippen molar-refractivity contribution < 1.29 is 4.74 Å². The van der Waals surface area contributed by atoms with Crippen LogP contribution in [0.25, 0.3) is 0 Å². The molecule has 0 saturated carbocycles. The summed E-state index contributed by atoms with van der Waals surface area (Å²) in [5, 5.41) is 0.580. The number of rotatable bonds is 4. The normalized spacial score (nSPS) is 18.5. The van der Waals surface area contributed by atoms with Crippen molar-refractivity contribution in [1.82, 2.24) is 9.88 Å². The highest BCUT2D eigenvalue weighted by molar-refractivity contribution is 6.29. The molecule has 1 fully saturated rings. The Labute approximate surface area is 108 Å². The molecule has 3 nitrogen and oxygen atoms in total. The monoisotopic (exact) mass is 254 g/mol. The van der Waals surface area contributed by atoms with Crippen LogP contribution in [-0.2, 0) is 11.3 Å². The molecule has 0 N–H and O–H groups in total. The minimum Gasteiger partial charge on any atom is -0.384 e. The summed E-state index contributed by atoms with van der Waals surface area (Å²) in [5.74, 6) is 0.726. The Hall–Kier alpha value is -0.640. The van der Waals surface area contributed by atoms with Crippen molar-refractivity contribution in [2.45, 2.75) is 19.4 Å². The predicted molar refractivity (Wildman–Crippen MR) is 69.1 cm³/mol. The van der Waals surface area contributed by atoms with Crippen molar-refractivity contribution in [1.29, 1.82) is 0 Å². The molecule has 0 aliphatic carbocycles. The minimum absolute atomic E-state index is 0.580. The van der Waals surface area contributed by atoms with Crippen molar-refractivity contribution in [3.8, 4) is 0 Å². The quantitative estimate of drug-likeness (QED) is 0.773. The topological polar surface area (TPSA) is 25.4 Å². The summed E-state index contributed by atoms with van der Waals surface area (Å²) in [4.78, 5) is 6.76. The molecule has 0 spiro atoms. The second kappa shape index (κ2) is 6.34. The number of nitrogens with zero attached hydrogens (tertiary/aromatic N) is 2. The van der Waals surface area contributed by atoms with E-state index in [1.165, 1.54) is 12.8 Å². The van der Waals surface area contributed by atoms with Gasteiger partial charge in [-0.3, -0.25) is 4.90 Å². The number of likely N-dealkylation sites (tertiary alicyclic amines) is 1. The number of piperidine rings is 1. The van der Waals surface area contributed by atoms with Crippen LogP contribution < -0.4 is 0 Å². The zero-order chi connectivity index (χ0) is 12.1. The molecule has 0 amide bonds. The highest BCUT2D eigenvalue weighted by Crippen LogP contribution is 2.19. The molecule has 2 rings (SSSR count). The first-order valence-electron chi connectivity index (χ1n) is 6.10. The summed E-state index contributed by atoms with van der Waals surface area (Å²) >= 11 is 5.88. The molecule has 1 aliphatic rings. The van der Waals surface area contributed by atoms with E-state index in [9.17, 15) is 0 Å². The van der Waals surface area contributed by atoms with E-state index in [1.807, 2.05) is 18.2 Å². The summed E-state index contributed by atoms with van der Waals surface area (Å²) in [6.45, 7) is 4.05. The zero-order valence-corrected chi connectivity index (χ0v) is 11.0. The predicted octanol–water partition coefficient (Wildman–Crippen LogP) is 2.59. The zero-order valence-electron chi connectivity index (χ0n) is 10.2. The van der Waals surface area contributed by atoms with E-state index in [1.54, 1.807) is 7.11 Å². The molecule has 1 aromatic heterocycles. The molecule has 17 heavy (non-hydrogen) atoms. The molecular formula is C13H19ClN2O. The van der Waals surface area contributed by atoms with Crippen LogP contribution >= 0.6 is 11.6 Å². The number of aromatic nitrogens is 1. The van der Waals surface area contributed by atoms with Gasteiger partial charge in [0.1, 0.15) is 5.15 Å². The summed E-state index contributed by atoms with van der Waals surface area (Å²) < 4.78 is 5.20. The second-order valence-corrected chi connectivity index (χ2v) is 5.01.